The van der Waals surface area contributed by atoms with Gasteiger partial charge in [-0.2, -0.15) is 0 Å². The highest BCUT2D eigenvalue weighted by molar-refractivity contribution is 5.74. The van der Waals surface area contributed by atoms with Gasteiger partial charge in [0.15, 0.2) is 0 Å². The molecule has 3 atom stereocenters. The minimum atomic E-state index is 0.127. The van der Waals surface area contributed by atoms with Crippen LogP contribution in [0.4, 0.5) is 4.79 Å². The van der Waals surface area contributed by atoms with E-state index in [1.165, 1.54) is 38.8 Å². The lowest BCUT2D eigenvalue weighted by molar-refractivity contribution is 0.183. The largest absolute Gasteiger partial charge is 0.396 e. The molecule has 3 aliphatic rings. The van der Waals surface area contributed by atoms with Gasteiger partial charge in [0.2, 0.25) is 0 Å². The van der Waals surface area contributed by atoms with Gasteiger partial charge in [0.05, 0.1) is 0 Å². The number of rotatable bonds is 4. The predicted molar refractivity (Wildman–Crippen MR) is 91.4 cm³/mol. The third-order valence-corrected chi connectivity index (χ3v) is 6.11. The maximum Gasteiger partial charge on any atom is 0.317 e. The lowest BCUT2D eigenvalue weighted by Gasteiger charge is -2.28. The third-order valence-electron chi connectivity index (χ3n) is 6.11. The number of hydrogen-bond donors (Lipinski definition) is 2. The van der Waals surface area contributed by atoms with Gasteiger partial charge in [0, 0.05) is 31.8 Å². The normalized spacial score (nSPS) is 32.9. The molecule has 0 aromatic heterocycles. The zero-order chi connectivity index (χ0) is 16.1. The fourth-order valence-corrected chi connectivity index (χ4v) is 4.74. The van der Waals surface area contributed by atoms with Crippen molar-refractivity contribution in [1.29, 1.82) is 0 Å². The van der Waals surface area contributed by atoms with E-state index in [2.05, 4.69) is 10.2 Å². The van der Waals surface area contributed by atoms with E-state index < -0.39 is 0 Å². The Balaban J connectivity index is 1.47. The van der Waals surface area contributed by atoms with Crippen molar-refractivity contribution in [3.8, 4) is 0 Å². The minimum absolute atomic E-state index is 0.127. The number of likely N-dealkylation sites (tertiary alicyclic amines) is 2. The highest BCUT2D eigenvalue weighted by atomic mass is 16.3. The molecule has 2 saturated heterocycles. The number of hydrogen-bond acceptors (Lipinski definition) is 3. The minimum Gasteiger partial charge on any atom is -0.396 e. The molecule has 0 radical (unpaired) electrons. The van der Waals surface area contributed by atoms with Crippen LogP contribution in [-0.4, -0.2) is 65.8 Å². The van der Waals surface area contributed by atoms with Crippen LogP contribution in [0.2, 0.25) is 0 Å². The van der Waals surface area contributed by atoms with Gasteiger partial charge in [-0.1, -0.05) is 6.42 Å². The van der Waals surface area contributed by atoms with Crippen molar-refractivity contribution in [1.82, 2.24) is 15.1 Å². The molecule has 1 aliphatic carbocycles. The maximum atomic E-state index is 12.6. The number of nitrogens with one attached hydrogen (secondary N) is 1. The first kappa shape index (κ1) is 17.0. The highest BCUT2D eigenvalue weighted by Crippen LogP contribution is 2.28. The summed E-state index contributed by atoms with van der Waals surface area (Å²) in [6, 6.07) is 1.08. The summed E-state index contributed by atoms with van der Waals surface area (Å²) in [5.41, 5.74) is 0. The topological polar surface area (TPSA) is 55.8 Å². The number of urea groups is 1. The SMILES string of the molecule is O=C(NC1CCCC1CCO)N1CCCC(N2CCCC2)CC1. The van der Waals surface area contributed by atoms with Crippen molar-refractivity contribution in [3.63, 3.8) is 0 Å². The fourth-order valence-electron chi connectivity index (χ4n) is 4.74. The zero-order valence-electron chi connectivity index (χ0n) is 14.4. The molecule has 2 amide bonds. The van der Waals surface area contributed by atoms with E-state index in [9.17, 15) is 4.79 Å². The standard InChI is InChI=1S/C18H33N3O2/c22-14-9-15-5-3-7-17(15)19-18(23)21-12-4-6-16(8-13-21)20-10-1-2-11-20/h15-17,22H,1-14H2,(H,19,23). The number of nitrogens with zero attached hydrogens (tertiary/aromatic N) is 2. The molecular formula is C18H33N3O2. The summed E-state index contributed by atoms with van der Waals surface area (Å²) in [4.78, 5) is 17.3. The fraction of sp³-hybridized carbons (Fsp3) is 0.944. The van der Waals surface area contributed by atoms with Crippen LogP contribution < -0.4 is 5.32 Å². The van der Waals surface area contributed by atoms with E-state index in [1.807, 2.05) is 4.90 Å². The molecule has 0 spiro atoms. The van der Waals surface area contributed by atoms with Crippen LogP contribution in [0.1, 0.15) is 57.8 Å². The molecule has 0 aromatic rings. The molecule has 23 heavy (non-hydrogen) atoms. The molecule has 0 bridgehead atoms. The first-order valence-corrected chi connectivity index (χ1v) is 9.68. The lowest BCUT2D eigenvalue weighted by Crippen LogP contribution is -2.46. The van der Waals surface area contributed by atoms with Crippen molar-refractivity contribution in [2.75, 3.05) is 32.8 Å². The second-order valence-electron chi connectivity index (χ2n) is 7.57. The predicted octanol–water partition coefficient (Wildman–Crippen LogP) is 2.20. The summed E-state index contributed by atoms with van der Waals surface area (Å²) in [6.45, 7) is 4.53. The van der Waals surface area contributed by atoms with E-state index in [0.29, 0.717) is 12.0 Å². The second-order valence-corrected chi connectivity index (χ2v) is 7.57. The van der Waals surface area contributed by atoms with Crippen LogP contribution >= 0.6 is 0 Å². The zero-order valence-corrected chi connectivity index (χ0v) is 14.4. The van der Waals surface area contributed by atoms with E-state index in [4.69, 9.17) is 5.11 Å². The quantitative estimate of drug-likeness (QED) is 0.834. The molecule has 0 aromatic carbocycles. The van der Waals surface area contributed by atoms with E-state index in [1.54, 1.807) is 0 Å². The lowest BCUT2D eigenvalue weighted by atomic mass is 10.0. The summed E-state index contributed by atoms with van der Waals surface area (Å²) in [6.07, 6.45) is 10.4. The van der Waals surface area contributed by atoms with E-state index in [0.717, 1.165) is 45.2 Å². The number of aliphatic hydroxyl groups is 1. The van der Waals surface area contributed by atoms with E-state index in [-0.39, 0.29) is 18.7 Å². The Morgan fingerprint density at radius 3 is 2.57 bits per heavy atom. The molecule has 5 nitrogen and oxygen atoms in total. The van der Waals surface area contributed by atoms with Crippen molar-refractivity contribution in [2.45, 2.75) is 69.9 Å². The van der Waals surface area contributed by atoms with Gasteiger partial charge < -0.3 is 20.2 Å². The maximum absolute atomic E-state index is 12.6. The molecule has 3 unspecified atom stereocenters. The Kier molecular flexibility index (Phi) is 6.17. The molecule has 1 saturated carbocycles. The molecular weight excluding hydrogens is 290 g/mol. The number of amides is 2. The van der Waals surface area contributed by atoms with Gasteiger partial charge in [-0.05, 0) is 70.4 Å². The molecule has 3 rings (SSSR count). The average Bonchev–Trinajstić information content (AvgIpc) is 3.16. The van der Waals surface area contributed by atoms with Gasteiger partial charge in [-0.25, -0.2) is 4.79 Å². The summed E-state index contributed by atoms with van der Waals surface area (Å²) in [7, 11) is 0. The third kappa shape index (κ3) is 4.38. The first-order valence-electron chi connectivity index (χ1n) is 9.68. The molecule has 2 aliphatic heterocycles. The number of carbonyl (C=O) groups is 1. The number of carbonyl (C=O) groups excluding carboxylic acids is 1. The Bertz CT molecular complexity index is 384. The highest BCUT2D eigenvalue weighted by Gasteiger charge is 2.31. The molecule has 132 valence electrons. The van der Waals surface area contributed by atoms with Gasteiger partial charge in [0.1, 0.15) is 0 Å². The summed E-state index contributed by atoms with van der Waals surface area (Å²) >= 11 is 0. The monoisotopic (exact) mass is 323 g/mol. The van der Waals surface area contributed by atoms with Gasteiger partial charge in [-0.15, -0.1) is 0 Å². The van der Waals surface area contributed by atoms with E-state index >= 15 is 0 Å². The Morgan fingerprint density at radius 2 is 1.78 bits per heavy atom. The number of aliphatic hydroxyl groups excluding tert-OH is 1. The van der Waals surface area contributed by atoms with Crippen LogP contribution in [0.3, 0.4) is 0 Å². The van der Waals surface area contributed by atoms with Gasteiger partial charge in [0.25, 0.3) is 0 Å². The Morgan fingerprint density at radius 1 is 0.957 bits per heavy atom. The molecule has 2 heterocycles. The van der Waals surface area contributed by atoms with Gasteiger partial charge in [-0.3, -0.25) is 0 Å². The Hall–Kier alpha value is -0.810. The van der Waals surface area contributed by atoms with Crippen LogP contribution in [-0.2, 0) is 0 Å². The summed E-state index contributed by atoms with van der Waals surface area (Å²) in [5, 5.41) is 12.4. The molecule has 5 heteroatoms. The summed E-state index contributed by atoms with van der Waals surface area (Å²) < 4.78 is 0. The van der Waals surface area contributed by atoms with Crippen molar-refractivity contribution >= 4 is 6.03 Å². The smallest absolute Gasteiger partial charge is 0.317 e. The summed E-state index contributed by atoms with van der Waals surface area (Å²) in [5.74, 6) is 0.466. The van der Waals surface area contributed by atoms with Crippen molar-refractivity contribution in [2.24, 2.45) is 5.92 Å². The first-order chi connectivity index (χ1) is 11.3. The van der Waals surface area contributed by atoms with Crippen LogP contribution in [0, 0.1) is 5.92 Å². The van der Waals surface area contributed by atoms with Gasteiger partial charge >= 0.3 is 6.03 Å². The molecule has 3 fully saturated rings. The second kappa shape index (κ2) is 8.34. The van der Waals surface area contributed by atoms with Crippen LogP contribution in [0.25, 0.3) is 0 Å². The molecule has 2 N–H and O–H groups in total. The Labute approximate surface area is 140 Å². The van der Waals surface area contributed by atoms with Crippen molar-refractivity contribution in [3.05, 3.63) is 0 Å². The van der Waals surface area contributed by atoms with Crippen molar-refractivity contribution < 1.29 is 9.90 Å². The van der Waals surface area contributed by atoms with Crippen LogP contribution in [0.5, 0.6) is 0 Å². The average molecular weight is 323 g/mol. The van der Waals surface area contributed by atoms with Crippen LogP contribution in [0.15, 0.2) is 0 Å².